The van der Waals surface area contributed by atoms with Crippen molar-refractivity contribution >= 4 is 23.3 Å². The molecule has 0 fully saturated rings. The molecule has 0 aromatic heterocycles. The number of carboxylic acid groups (broad SMARTS) is 1. The molecule has 2 aromatic rings. The molecule has 0 bridgehead atoms. The summed E-state index contributed by atoms with van der Waals surface area (Å²) in [6.45, 7) is 3.90. The van der Waals surface area contributed by atoms with Crippen molar-refractivity contribution < 1.29 is 19.5 Å². The number of nitrogens with one attached hydrogen (secondary N) is 1. The monoisotopic (exact) mass is 325 g/mol. The molecule has 0 radical (unpaired) electrons. The number of hydrogen-bond acceptors (Lipinski definition) is 3. The molecule has 5 heteroatoms. The molecule has 0 heterocycles. The quantitative estimate of drug-likeness (QED) is 0.795. The van der Waals surface area contributed by atoms with E-state index < -0.39 is 5.97 Å². The lowest BCUT2D eigenvalue weighted by Gasteiger charge is -2.08. The smallest absolute Gasteiger partial charge is 0.337 e. The molecule has 0 saturated carbocycles. The minimum absolute atomic E-state index is 0.000287. The first kappa shape index (κ1) is 17.4. The topological polar surface area (TPSA) is 83.5 Å². The average Bonchev–Trinajstić information content (AvgIpc) is 2.55. The van der Waals surface area contributed by atoms with Crippen LogP contribution >= 0.6 is 0 Å². The van der Waals surface area contributed by atoms with Gasteiger partial charge in [-0.1, -0.05) is 24.3 Å². The number of amides is 1. The Bertz CT molecular complexity index is 796. The van der Waals surface area contributed by atoms with Crippen molar-refractivity contribution in [3.63, 3.8) is 0 Å². The first-order valence-electron chi connectivity index (χ1n) is 7.61. The maximum absolute atomic E-state index is 12.2. The Balaban J connectivity index is 1.97. The van der Waals surface area contributed by atoms with Crippen LogP contribution in [0.15, 0.2) is 42.5 Å². The van der Waals surface area contributed by atoms with Gasteiger partial charge in [-0.05, 0) is 43.2 Å². The molecule has 0 unspecified atom stereocenters. The number of carboxylic acids is 1. The lowest BCUT2D eigenvalue weighted by atomic mass is 10.0. The van der Waals surface area contributed by atoms with E-state index >= 15 is 0 Å². The summed E-state index contributed by atoms with van der Waals surface area (Å²) in [5.74, 6) is -1.61. The maximum atomic E-state index is 12.2. The van der Waals surface area contributed by atoms with E-state index in [1.807, 2.05) is 26.0 Å². The zero-order valence-electron chi connectivity index (χ0n) is 13.6. The number of Topliss-reactive ketones (excluding diaryl/α,β-unsaturated/α-hetero) is 1. The highest BCUT2D eigenvalue weighted by molar-refractivity contribution is 6.03. The fraction of sp³-hybridized carbons (Fsp3) is 0.211. The average molecular weight is 325 g/mol. The Morgan fingerprint density at radius 1 is 0.958 bits per heavy atom. The van der Waals surface area contributed by atoms with Gasteiger partial charge in [-0.3, -0.25) is 9.59 Å². The summed E-state index contributed by atoms with van der Waals surface area (Å²) in [5, 5.41) is 11.6. The number of hydrogen-bond donors (Lipinski definition) is 2. The standard InChI is InChI=1S/C19H19NO4/c1-12-7-8-14(11-13(12)2)17(21)9-10-18(22)20-16-6-4-3-5-15(16)19(23)24/h3-8,11H,9-10H2,1-2H3,(H,20,22)(H,23,24). The van der Waals surface area contributed by atoms with Gasteiger partial charge in [-0.2, -0.15) is 0 Å². The Hall–Kier alpha value is -2.95. The molecule has 2 N–H and O–H groups in total. The Morgan fingerprint density at radius 2 is 1.67 bits per heavy atom. The molecule has 0 saturated heterocycles. The van der Waals surface area contributed by atoms with E-state index in [1.165, 1.54) is 12.1 Å². The van der Waals surface area contributed by atoms with Crippen molar-refractivity contribution in [2.75, 3.05) is 5.32 Å². The van der Waals surface area contributed by atoms with Crippen molar-refractivity contribution in [3.8, 4) is 0 Å². The molecule has 2 aromatic carbocycles. The predicted octanol–water partition coefficient (Wildman–Crippen LogP) is 3.60. The number of rotatable bonds is 6. The van der Waals surface area contributed by atoms with Crippen molar-refractivity contribution in [2.24, 2.45) is 0 Å². The lowest BCUT2D eigenvalue weighted by molar-refractivity contribution is -0.116. The van der Waals surface area contributed by atoms with Crippen LogP contribution in [0.4, 0.5) is 5.69 Å². The summed E-state index contributed by atoms with van der Waals surface area (Å²) in [5.41, 5.74) is 2.96. The highest BCUT2D eigenvalue weighted by atomic mass is 16.4. The molecule has 0 aliphatic carbocycles. The molecule has 1 amide bonds. The minimum Gasteiger partial charge on any atom is -0.478 e. The summed E-state index contributed by atoms with van der Waals surface area (Å²) in [4.78, 5) is 35.3. The van der Waals surface area contributed by atoms with E-state index in [0.717, 1.165) is 11.1 Å². The SMILES string of the molecule is Cc1ccc(C(=O)CCC(=O)Nc2ccccc2C(=O)O)cc1C. The molecule has 0 atom stereocenters. The van der Waals surface area contributed by atoms with Crippen molar-refractivity contribution in [1.29, 1.82) is 0 Å². The van der Waals surface area contributed by atoms with E-state index in [2.05, 4.69) is 5.32 Å². The van der Waals surface area contributed by atoms with Crippen molar-refractivity contribution in [3.05, 3.63) is 64.7 Å². The molecule has 124 valence electrons. The summed E-state index contributed by atoms with van der Waals surface area (Å²) < 4.78 is 0. The fourth-order valence-corrected chi connectivity index (χ4v) is 2.28. The van der Waals surface area contributed by atoms with Crippen LogP contribution in [0.25, 0.3) is 0 Å². The minimum atomic E-state index is -1.11. The first-order chi connectivity index (χ1) is 11.4. The molecule has 0 aliphatic heterocycles. The molecular weight excluding hydrogens is 306 g/mol. The second kappa shape index (κ2) is 7.55. The van der Waals surface area contributed by atoms with Crippen LogP contribution in [0.1, 0.15) is 44.7 Å². The van der Waals surface area contributed by atoms with Gasteiger partial charge in [0.05, 0.1) is 11.3 Å². The van der Waals surface area contributed by atoms with Crippen LogP contribution in [0.5, 0.6) is 0 Å². The highest BCUT2D eigenvalue weighted by Crippen LogP contribution is 2.16. The second-order valence-electron chi connectivity index (χ2n) is 5.62. The van der Waals surface area contributed by atoms with Crippen LogP contribution in [-0.4, -0.2) is 22.8 Å². The van der Waals surface area contributed by atoms with Crippen LogP contribution in [0, 0.1) is 13.8 Å². The van der Waals surface area contributed by atoms with Gasteiger partial charge in [0.15, 0.2) is 5.78 Å². The number of para-hydroxylation sites is 1. The van der Waals surface area contributed by atoms with E-state index in [4.69, 9.17) is 5.11 Å². The highest BCUT2D eigenvalue weighted by Gasteiger charge is 2.14. The van der Waals surface area contributed by atoms with E-state index in [1.54, 1.807) is 18.2 Å². The van der Waals surface area contributed by atoms with Gasteiger partial charge in [0.2, 0.25) is 5.91 Å². The third kappa shape index (κ3) is 4.29. The summed E-state index contributed by atoms with van der Waals surface area (Å²) >= 11 is 0. The van der Waals surface area contributed by atoms with E-state index in [-0.39, 0.29) is 35.8 Å². The van der Waals surface area contributed by atoms with Gasteiger partial charge in [-0.25, -0.2) is 4.79 Å². The van der Waals surface area contributed by atoms with Crippen LogP contribution in [0.2, 0.25) is 0 Å². The number of anilines is 1. The van der Waals surface area contributed by atoms with Gasteiger partial charge in [0.1, 0.15) is 0 Å². The summed E-state index contributed by atoms with van der Waals surface area (Å²) in [7, 11) is 0. The Kier molecular flexibility index (Phi) is 5.47. The number of carbonyl (C=O) groups excluding carboxylic acids is 2. The fourth-order valence-electron chi connectivity index (χ4n) is 2.28. The summed E-state index contributed by atoms with van der Waals surface area (Å²) in [6.07, 6.45) is 0.0727. The van der Waals surface area contributed by atoms with Crippen molar-refractivity contribution in [2.45, 2.75) is 26.7 Å². The third-order valence-electron chi connectivity index (χ3n) is 3.84. The van der Waals surface area contributed by atoms with E-state index in [0.29, 0.717) is 5.56 Å². The Morgan fingerprint density at radius 3 is 2.33 bits per heavy atom. The molecule has 24 heavy (non-hydrogen) atoms. The normalized spacial score (nSPS) is 10.2. The maximum Gasteiger partial charge on any atom is 0.337 e. The second-order valence-corrected chi connectivity index (χ2v) is 5.62. The summed E-state index contributed by atoms with van der Waals surface area (Å²) in [6, 6.07) is 11.6. The first-order valence-corrected chi connectivity index (χ1v) is 7.61. The zero-order chi connectivity index (χ0) is 17.7. The van der Waals surface area contributed by atoms with Gasteiger partial charge in [0.25, 0.3) is 0 Å². The third-order valence-corrected chi connectivity index (χ3v) is 3.84. The number of carbonyl (C=O) groups is 3. The number of aryl methyl sites for hydroxylation is 2. The Labute approximate surface area is 140 Å². The van der Waals surface area contributed by atoms with Gasteiger partial charge in [0, 0.05) is 18.4 Å². The number of benzene rings is 2. The molecule has 2 rings (SSSR count). The molecule has 5 nitrogen and oxygen atoms in total. The van der Waals surface area contributed by atoms with E-state index in [9.17, 15) is 14.4 Å². The molecule has 0 spiro atoms. The van der Waals surface area contributed by atoms with Crippen LogP contribution in [-0.2, 0) is 4.79 Å². The largest absolute Gasteiger partial charge is 0.478 e. The van der Waals surface area contributed by atoms with Crippen molar-refractivity contribution in [1.82, 2.24) is 0 Å². The lowest BCUT2D eigenvalue weighted by Crippen LogP contribution is -2.15. The predicted molar refractivity (Wildman–Crippen MR) is 91.5 cm³/mol. The number of ketones is 1. The zero-order valence-corrected chi connectivity index (χ0v) is 13.6. The van der Waals surface area contributed by atoms with Gasteiger partial charge >= 0.3 is 5.97 Å². The van der Waals surface area contributed by atoms with Gasteiger partial charge in [-0.15, -0.1) is 0 Å². The van der Waals surface area contributed by atoms with Gasteiger partial charge < -0.3 is 10.4 Å². The molecule has 0 aliphatic rings. The van der Waals surface area contributed by atoms with Crippen LogP contribution < -0.4 is 5.32 Å². The van der Waals surface area contributed by atoms with Crippen LogP contribution in [0.3, 0.4) is 0 Å². The molecular formula is C19H19NO4. The number of aromatic carboxylic acids is 1.